The van der Waals surface area contributed by atoms with E-state index in [1.807, 2.05) is 7.05 Å². The quantitative estimate of drug-likeness (QED) is 0.590. The second-order valence-corrected chi connectivity index (χ2v) is 5.78. The molecule has 0 bridgehead atoms. The SMILES string of the molecule is CCN(C)C(C)C1CC1CCCCCCNC. The van der Waals surface area contributed by atoms with Crippen molar-refractivity contribution in [1.82, 2.24) is 10.2 Å². The third-order valence-corrected chi connectivity index (χ3v) is 4.54. The molecule has 3 atom stereocenters. The first-order valence-electron chi connectivity index (χ1n) is 7.55. The van der Waals surface area contributed by atoms with Crippen LogP contribution in [0.5, 0.6) is 0 Å². The Balaban J connectivity index is 1.97. The van der Waals surface area contributed by atoms with Crippen LogP contribution >= 0.6 is 0 Å². The Bertz CT molecular complexity index is 193. The number of nitrogens with zero attached hydrogens (tertiary/aromatic N) is 1. The summed E-state index contributed by atoms with van der Waals surface area (Å²) in [6.45, 7) is 7.04. The molecule has 2 heteroatoms. The topological polar surface area (TPSA) is 15.3 Å². The summed E-state index contributed by atoms with van der Waals surface area (Å²) in [7, 11) is 4.30. The number of hydrogen-bond acceptors (Lipinski definition) is 2. The van der Waals surface area contributed by atoms with Gasteiger partial charge in [-0.25, -0.2) is 0 Å². The monoisotopic (exact) mass is 240 g/mol. The lowest BCUT2D eigenvalue weighted by Gasteiger charge is -2.23. The van der Waals surface area contributed by atoms with Crippen molar-refractivity contribution in [1.29, 1.82) is 0 Å². The minimum atomic E-state index is 0.800. The summed E-state index contributed by atoms with van der Waals surface area (Å²) in [6.07, 6.45) is 8.60. The second kappa shape index (κ2) is 8.10. The van der Waals surface area contributed by atoms with E-state index < -0.39 is 0 Å². The molecule has 0 aliphatic heterocycles. The van der Waals surface area contributed by atoms with E-state index in [0.717, 1.165) is 17.9 Å². The summed E-state index contributed by atoms with van der Waals surface area (Å²) in [5.41, 5.74) is 0. The molecule has 0 heterocycles. The van der Waals surface area contributed by atoms with Crippen LogP contribution in [0.25, 0.3) is 0 Å². The van der Waals surface area contributed by atoms with E-state index in [9.17, 15) is 0 Å². The lowest BCUT2D eigenvalue weighted by atomic mass is 10.1. The van der Waals surface area contributed by atoms with Crippen LogP contribution in [0.1, 0.15) is 52.4 Å². The number of nitrogens with one attached hydrogen (secondary N) is 1. The van der Waals surface area contributed by atoms with E-state index in [1.54, 1.807) is 0 Å². The van der Waals surface area contributed by atoms with Crippen molar-refractivity contribution in [3.05, 3.63) is 0 Å². The van der Waals surface area contributed by atoms with Gasteiger partial charge in [0.2, 0.25) is 0 Å². The molecule has 1 fully saturated rings. The molecule has 0 amide bonds. The van der Waals surface area contributed by atoms with E-state index in [2.05, 4.69) is 31.1 Å². The summed E-state index contributed by atoms with van der Waals surface area (Å²) in [5.74, 6) is 2.04. The largest absolute Gasteiger partial charge is 0.320 e. The fraction of sp³-hybridized carbons (Fsp3) is 1.00. The van der Waals surface area contributed by atoms with Crippen LogP contribution in [0.4, 0.5) is 0 Å². The molecule has 0 aromatic carbocycles. The maximum Gasteiger partial charge on any atom is 0.00947 e. The van der Waals surface area contributed by atoms with Crippen LogP contribution in [0.2, 0.25) is 0 Å². The molecule has 3 unspecified atom stereocenters. The minimum absolute atomic E-state index is 0.800. The molecule has 1 aliphatic rings. The van der Waals surface area contributed by atoms with Crippen LogP contribution in [0, 0.1) is 11.8 Å². The van der Waals surface area contributed by atoms with Crippen molar-refractivity contribution in [3.63, 3.8) is 0 Å². The maximum atomic E-state index is 3.22. The van der Waals surface area contributed by atoms with E-state index in [1.165, 1.54) is 51.6 Å². The molecule has 0 aromatic rings. The summed E-state index contributed by atoms with van der Waals surface area (Å²) in [6, 6.07) is 0.800. The van der Waals surface area contributed by atoms with Gasteiger partial charge >= 0.3 is 0 Å². The Labute approximate surface area is 108 Å². The van der Waals surface area contributed by atoms with Crippen LogP contribution in [-0.2, 0) is 0 Å². The fourth-order valence-corrected chi connectivity index (χ4v) is 2.87. The van der Waals surface area contributed by atoms with Crippen molar-refractivity contribution in [2.75, 3.05) is 27.2 Å². The predicted octanol–water partition coefficient (Wildman–Crippen LogP) is 3.13. The highest BCUT2D eigenvalue weighted by Gasteiger charge is 2.41. The summed E-state index contributed by atoms with van der Waals surface area (Å²) in [5, 5.41) is 3.22. The van der Waals surface area contributed by atoms with Gasteiger partial charge in [-0.2, -0.15) is 0 Å². The molecule has 0 radical (unpaired) electrons. The molecule has 0 aromatic heterocycles. The molecule has 102 valence electrons. The van der Waals surface area contributed by atoms with E-state index in [-0.39, 0.29) is 0 Å². The Hall–Kier alpha value is -0.0800. The maximum absolute atomic E-state index is 3.22. The lowest BCUT2D eigenvalue weighted by molar-refractivity contribution is 0.237. The van der Waals surface area contributed by atoms with Crippen molar-refractivity contribution in [2.24, 2.45) is 11.8 Å². The zero-order chi connectivity index (χ0) is 12.7. The van der Waals surface area contributed by atoms with Crippen LogP contribution in [0.3, 0.4) is 0 Å². The highest BCUT2D eigenvalue weighted by atomic mass is 15.1. The molecule has 1 N–H and O–H groups in total. The first kappa shape index (κ1) is 15.0. The average molecular weight is 240 g/mol. The molecular weight excluding hydrogens is 208 g/mol. The number of unbranched alkanes of at least 4 members (excludes halogenated alkanes) is 3. The molecular formula is C15H32N2. The fourth-order valence-electron chi connectivity index (χ4n) is 2.87. The van der Waals surface area contributed by atoms with Gasteiger partial charge in [0, 0.05) is 6.04 Å². The van der Waals surface area contributed by atoms with Gasteiger partial charge in [0.05, 0.1) is 0 Å². The average Bonchev–Trinajstić information content (AvgIpc) is 3.11. The Kier molecular flexibility index (Phi) is 7.14. The Morgan fingerprint density at radius 1 is 1.24 bits per heavy atom. The standard InChI is InChI=1S/C15H32N2/c1-5-17(4)13(2)15-12-14(15)10-8-6-7-9-11-16-3/h13-16H,5-12H2,1-4H3. The Morgan fingerprint density at radius 3 is 2.59 bits per heavy atom. The molecule has 1 saturated carbocycles. The Morgan fingerprint density at radius 2 is 1.94 bits per heavy atom. The lowest BCUT2D eigenvalue weighted by Crippen LogP contribution is -2.31. The predicted molar refractivity (Wildman–Crippen MR) is 76.4 cm³/mol. The zero-order valence-electron chi connectivity index (χ0n) is 12.3. The molecule has 2 nitrogen and oxygen atoms in total. The van der Waals surface area contributed by atoms with Gasteiger partial charge in [-0.1, -0.05) is 32.6 Å². The van der Waals surface area contributed by atoms with Gasteiger partial charge in [0.25, 0.3) is 0 Å². The molecule has 0 saturated heterocycles. The highest BCUT2D eigenvalue weighted by Crippen LogP contribution is 2.45. The van der Waals surface area contributed by atoms with Gasteiger partial charge in [-0.05, 0) is 58.8 Å². The van der Waals surface area contributed by atoms with Crippen LogP contribution < -0.4 is 5.32 Å². The summed E-state index contributed by atoms with van der Waals surface area (Å²) >= 11 is 0. The zero-order valence-corrected chi connectivity index (χ0v) is 12.3. The summed E-state index contributed by atoms with van der Waals surface area (Å²) in [4.78, 5) is 2.50. The number of rotatable bonds is 10. The number of hydrogen-bond donors (Lipinski definition) is 1. The first-order valence-corrected chi connectivity index (χ1v) is 7.55. The van der Waals surface area contributed by atoms with E-state index >= 15 is 0 Å². The van der Waals surface area contributed by atoms with Gasteiger partial charge < -0.3 is 10.2 Å². The van der Waals surface area contributed by atoms with Gasteiger partial charge in [-0.3, -0.25) is 0 Å². The van der Waals surface area contributed by atoms with Crippen LogP contribution in [-0.4, -0.2) is 38.1 Å². The molecule has 0 spiro atoms. The van der Waals surface area contributed by atoms with Gasteiger partial charge in [-0.15, -0.1) is 0 Å². The second-order valence-electron chi connectivity index (χ2n) is 5.78. The highest BCUT2D eigenvalue weighted by molar-refractivity contribution is 4.93. The minimum Gasteiger partial charge on any atom is -0.320 e. The summed E-state index contributed by atoms with van der Waals surface area (Å²) < 4.78 is 0. The molecule has 1 aliphatic carbocycles. The van der Waals surface area contributed by atoms with Gasteiger partial charge in [0.1, 0.15) is 0 Å². The van der Waals surface area contributed by atoms with Crippen molar-refractivity contribution >= 4 is 0 Å². The molecule has 1 rings (SSSR count). The van der Waals surface area contributed by atoms with E-state index in [4.69, 9.17) is 0 Å². The normalized spacial score (nSPS) is 25.2. The van der Waals surface area contributed by atoms with Crippen molar-refractivity contribution in [2.45, 2.75) is 58.4 Å². The van der Waals surface area contributed by atoms with Crippen molar-refractivity contribution < 1.29 is 0 Å². The van der Waals surface area contributed by atoms with E-state index in [0.29, 0.717) is 0 Å². The van der Waals surface area contributed by atoms with Gasteiger partial charge in [0.15, 0.2) is 0 Å². The smallest absolute Gasteiger partial charge is 0.00947 e. The van der Waals surface area contributed by atoms with Crippen LogP contribution in [0.15, 0.2) is 0 Å². The third kappa shape index (κ3) is 5.39. The third-order valence-electron chi connectivity index (χ3n) is 4.54. The molecule has 17 heavy (non-hydrogen) atoms. The van der Waals surface area contributed by atoms with Crippen molar-refractivity contribution in [3.8, 4) is 0 Å². The first-order chi connectivity index (χ1) is 8.20.